The normalized spacial score (nSPS) is 13.6. The lowest BCUT2D eigenvalue weighted by molar-refractivity contribution is 0.0927. The summed E-state index contributed by atoms with van der Waals surface area (Å²) in [5.74, 6) is -0.180. The highest BCUT2D eigenvalue weighted by atomic mass is 32.2. The zero-order valence-corrected chi connectivity index (χ0v) is 11.9. The van der Waals surface area contributed by atoms with Crippen LogP contribution in [0.2, 0.25) is 0 Å². The van der Waals surface area contributed by atoms with Crippen LogP contribution in [-0.4, -0.2) is 25.2 Å². The molecule has 4 heteroatoms. The van der Waals surface area contributed by atoms with Gasteiger partial charge in [-0.05, 0) is 20.3 Å². The molecule has 0 aliphatic heterocycles. The smallest absolute Gasteiger partial charge is 0.165 e. The second-order valence-corrected chi connectivity index (χ2v) is 7.51. The van der Waals surface area contributed by atoms with E-state index in [-0.39, 0.29) is 22.7 Å². The van der Waals surface area contributed by atoms with E-state index in [1.54, 1.807) is 32.9 Å². The van der Waals surface area contributed by atoms with E-state index >= 15 is 0 Å². The molecule has 1 aromatic rings. The molecule has 18 heavy (non-hydrogen) atoms. The van der Waals surface area contributed by atoms with Gasteiger partial charge in [0, 0.05) is 11.5 Å². The first-order chi connectivity index (χ1) is 8.34. The molecule has 0 saturated carbocycles. The van der Waals surface area contributed by atoms with E-state index in [1.807, 2.05) is 18.2 Å². The zero-order valence-electron chi connectivity index (χ0n) is 11.1. The van der Waals surface area contributed by atoms with Crippen molar-refractivity contribution < 1.29 is 13.2 Å². The van der Waals surface area contributed by atoms with Gasteiger partial charge in [-0.25, -0.2) is 8.42 Å². The molecule has 0 heterocycles. The Kier molecular flexibility index (Phi) is 5.08. The van der Waals surface area contributed by atoms with Gasteiger partial charge in [-0.2, -0.15) is 0 Å². The molecule has 100 valence electrons. The van der Waals surface area contributed by atoms with Crippen LogP contribution in [0.1, 0.15) is 37.6 Å². The van der Waals surface area contributed by atoms with Gasteiger partial charge in [0.15, 0.2) is 15.6 Å². The third-order valence-corrected chi connectivity index (χ3v) is 5.30. The van der Waals surface area contributed by atoms with Crippen LogP contribution in [0.4, 0.5) is 0 Å². The molecule has 0 radical (unpaired) electrons. The van der Waals surface area contributed by atoms with E-state index in [0.717, 1.165) is 0 Å². The van der Waals surface area contributed by atoms with Crippen molar-refractivity contribution in [2.45, 2.75) is 32.4 Å². The van der Waals surface area contributed by atoms with E-state index in [0.29, 0.717) is 12.0 Å². The molecule has 0 bridgehead atoms. The fourth-order valence-electron chi connectivity index (χ4n) is 1.59. The van der Waals surface area contributed by atoms with Gasteiger partial charge < -0.3 is 0 Å². The summed E-state index contributed by atoms with van der Waals surface area (Å²) in [6.45, 7) is 5.11. The minimum atomic E-state index is -3.06. The van der Waals surface area contributed by atoms with Crippen LogP contribution in [-0.2, 0) is 9.84 Å². The Morgan fingerprint density at radius 2 is 1.67 bits per heavy atom. The van der Waals surface area contributed by atoms with Crippen molar-refractivity contribution in [2.75, 3.05) is 5.75 Å². The molecule has 0 N–H and O–H groups in total. The maximum Gasteiger partial charge on any atom is 0.165 e. The van der Waals surface area contributed by atoms with Crippen LogP contribution in [0.15, 0.2) is 30.3 Å². The predicted octanol–water partition coefficient (Wildman–Crippen LogP) is 2.72. The Morgan fingerprint density at radius 3 is 2.17 bits per heavy atom. The van der Waals surface area contributed by atoms with E-state index in [9.17, 15) is 13.2 Å². The van der Waals surface area contributed by atoms with Crippen LogP contribution < -0.4 is 0 Å². The average Bonchev–Trinajstić information content (AvgIpc) is 2.36. The maximum atomic E-state index is 12.0. The standard InChI is InChI=1S/C14H20O3S/c1-11(2)18(16,17)10-9-12(3)14(15)13-7-5-4-6-8-13/h4-8,11-12H,9-10H2,1-3H3. The molecule has 1 unspecified atom stereocenters. The van der Waals surface area contributed by atoms with Gasteiger partial charge in [0.2, 0.25) is 0 Å². The molecule has 0 aromatic heterocycles. The Morgan fingerprint density at radius 1 is 1.11 bits per heavy atom. The summed E-state index contributed by atoms with van der Waals surface area (Å²) in [6, 6.07) is 8.99. The highest BCUT2D eigenvalue weighted by molar-refractivity contribution is 7.91. The highest BCUT2D eigenvalue weighted by Crippen LogP contribution is 2.14. The van der Waals surface area contributed by atoms with Crippen molar-refractivity contribution in [1.29, 1.82) is 0 Å². The van der Waals surface area contributed by atoms with Crippen molar-refractivity contribution in [3.05, 3.63) is 35.9 Å². The van der Waals surface area contributed by atoms with Crippen LogP contribution in [0, 0.1) is 5.92 Å². The van der Waals surface area contributed by atoms with Crippen LogP contribution in [0.25, 0.3) is 0 Å². The summed E-state index contributed by atoms with van der Waals surface area (Å²) in [4.78, 5) is 12.0. The lowest BCUT2D eigenvalue weighted by Gasteiger charge is -2.12. The summed E-state index contributed by atoms with van der Waals surface area (Å²) in [6.07, 6.45) is 0.383. The first-order valence-corrected chi connectivity index (χ1v) is 7.87. The fraction of sp³-hybridized carbons (Fsp3) is 0.500. The van der Waals surface area contributed by atoms with E-state index < -0.39 is 9.84 Å². The summed E-state index contributed by atoms with van der Waals surface area (Å²) in [5.41, 5.74) is 0.645. The lowest BCUT2D eigenvalue weighted by Crippen LogP contribution is -2.21. The van der Waals surface area contributed by atoms with Gasteiger partial charge in [0.05, 0.1) is 11.0 Å². The van der Waals surface area contributed by atoms with Crippen molar-refractivity contribution >= 4 is 15.6 Å². The number of hydrogen-bond donors (Lipinski definition) is 0. The molecule has 0 aliphatic carbocycles. The van der Waals surface area contributed by atoms with Crippen LogP contribution in [0.5, 0.6) is 0 Å². The van der Waals surface area contributed by atoms with Crippen molar-refractivity contribution in [2.24, 2.45) is 5.92 Å². The molecule has 1 rings (SSSR count). The third-order valence-electron chi connectivity index (χ3n) is 3.06. The molecule has 0 amide bonds. The molecule has 1 aromatic carbocycles. The number of hydrogen-bond acceptors (Lipinski definition) is 3. The summed E-state index contributed by atoms with van der Waals surface area (Å²) in [5, 5.41) is -0.378. The number of rotatable bonds is 6. The van der Waals surface area contributed by atoms with Gasteiger partial charge in [-0.3, -0.25) is 4.79 Å². The van der Waals surface area contributed by atoms with Gasteiger partial charge in [-0.1, -0.05) is 37.3 Å². The molecular formula is C14H20O3S. The highest BCUT2D eigenvalue weighted by Gasteiger charge is 2.21. The fourth-order valence-corrected chi connectivity index (χ4v) is 2.75. The number of carbonyl (C=O) groups excluding carboxylic acids is 1. The largest absolute Gasteiger partial charge is 0.294 e. The zero-order chi connectivity index (χ0) is 13.8. The summed E-state index contributed by atoms with van der Waals surface area (Å²) < 4.78 is 23.4. The number of ketones is 1. The lowest BCUT2D eigenvalue weighted by atomic mass is 9.97. The number of benzene rings is 1. The van der Waals surface area contributed by atoms with Crippen molar-refractivity contribution in [3.63, 3.8) is 0 Å². The predicted molar refractivity (Wildman–Crippen MR) is 73.5 cm³/mol. The second-order valence-electron chi connectivity index (χ2n) is 4.84. The Balaban J connectivity index is 2.62. The van der Waals surface area contributed by atoms with E-state index in [1.165, 1.54) is 0 Å². The van der Waals surface area contributed by atoms with Gasteiger partial charge in [0.1, 0.15) is 0 Å². The van der Waals surface area contributed by atoms with E-state index in [2.05, 4.69) is 0 Å². The van der Waals surface area contributed by atoms with Crippen molar-refractivity contribution in [3.8, 4) is 0 Å². The molecule has 1 atom stereocenters. The van der Waals surface area contributed by atoms with Gasteiger partial charge in [-0.15, -0.1) is 0 Å². The monoisotopic (exact) mass is 268 g/mol. The Labute approximate surface area is 109 Å². The average molecular weight is 268 g/mol. The van der Waals surface area contributed by atoms with Crippen LogP contribution in [0.3, 0.4) is 0 Å². The number of carbonyl (C=O) groups is 1. The second kappa shape index (κ2) is 6.14. The number of Topliss-reactive ketones (excluding diaryl/α,β-unsaturated/α-hetero) is 1. The summed E-state index contributed by atoms with van der Waals surface area (Å²) in [7, 11) is -3.06. The van der Waals surface area contributed by atoms with Crippen LogP contribution >= 0.6 is 0 Å². The minimum absolute atomic E-state index is 0.00885. The third kappa shape index (κ3) is 3.95. The first kappa shape index (κ1) is 14.9. The molecule has 0 fully saturated rings. The first-order valence-electron chi connectivity index (χ1n) is 6.15. The quantitative estimate of drug-likeness (QED) is 0.745. The summed E-state index contributed by atoms with van der Waals surface area (Å²) >= 11 is 0. The molecule has 0 spiro atoms. The van der Waals surface area contributed by atoms with E-state index in [4.69, 9.17) is 0 Å². The molecule has 0 saturated heterocycles. The van der Waals surface area contributed by atoms with Gasteiger partial charge in [0.25, 0.3) is 0 Å². The number of sulfone groups is 1. The Bertz CT molecular complexity index is 489. The van der Waals surface area contributed by atoms with Gasteiger partial charge >= 0.3 is 0 Å². The molecule has 0 aliphatic rings. The topological polar surface area (TPSA) is 51.2 Å². The molecule has 3 nitrogen and oxygen atoms in total. The molecular weight excluding hydrogens is 248 g/mol. The maximum absolute atomic E-state index is 12.0. The SMILES string of the molecule is CC(CCS(=O)(=O)C(C)C)C(=O)c1ccccc1. The minimum Gasteiger partial charge on any atom is -0.294 e. The Hall–Kier alpha value is -1.16. The van der Waals surface area contributed by atoms with Crippen molar-refractivity contribution in [1.82, 2.24) is 0 Å².